The first-order valence-electron chi connectivity index (χ1n) is 6.66. The van der Waals surface area contributed by atoms with Crippen LogP contribution in [0.25, 0.3) is 11.4 Å². The van der Waals surface area contributed by atoms with Crippen molar-refractivity contribution in [2.45, 2.75) is 32.7 Å². The van der Waals surface area contributed by atoms with Crippen LogP contribution in [0.5, 0.6) is 0 Å². The van der Waals surface area contributed by atoms with Crippen molar-refractivity contribution in [3.8, 4) is 11.4 Å². The third kappa shape index (κ3) is 3.42. The minimum Gasteiger partial charge on any atom is -0.325 e. The zero-order valence-corrected chi connectivity index (χ0v) is 11.7. The van der Waals surface area contributed by atoms with Crippen molar-refractivity contribution in [2.24, 2.45) is 5.73 Å². The third-order valence-corrected chi connectivity index (χ3v) is 2.92. The number of nitrogens with zero attached hydrogens (tertiary/aromatic N) is 2. The van der Waals surface area contributed by atoms with Crippen LogP contribution in [0.3, 0.4) is 0 Å². The first-order valence-corrected chi connectivity index (χ1v) is 6.66. The van der Waals surface area contributed by atoms with Crippen molar-refractivity contribution in [1.82, 2.24) is 15.2 Å². The lowest BCUT2D eigenvalue weighted by molar-refractivity contribution is -0.117. The summed E-state index contributed by atoms with van der Waals surface area (Å²) in [4.78, 5) is 16.1. The molecule has 1 heterocycles. The summed E-state index contributed by atoms with van der Waals surface area (Å²) in [5, 5.41) is 9.70. The topological polar surface area (TPSA) is 96.7 Å². The van der Waals surface area contributed by atoms with Gasteiger partial charge in [0.1, 0.15) is 5.82 Å². The Balaban J connectivity index is 2.12. The Labute approximate surface area is 117 Å². The van der Waals surface area contributed by atoms with Crippen LogP contribution in [0, 0.1) is 6.92 Å². The van der Waals surface area contributed by atoms with E-state index < -0.39 is 6.04 Å². The van der Waals surface area contributed by atoms with Gasteiger partial charge in [0.05, 0.1) is 6.04 Å². The van der Waals surface area contributed by atoms with Crippen LogP contribution in [-0.2, 0) is 4.79 Å². The first kappa shape index (κ1) is 14.2. The summed E-state index contributed by atoms with van der Waals surface area (Å²) >= 11 is 0. The molecule has 1 amide bonds. The SMILES string of the molecule is CCCC(N)C(=O)Nc1cccc(-c2n[nH]c(C)n2)c1. The Kier molecular flexibility index (Phi) is 4.47. The lowest BCUT2D eigenvalue weighted by Crippen LogP contribution is -2.35. The van der Waals surface area contributed by atoms with E-state index in [-0.39, 0.29) is 5.91 Å². The summed E-state index contributed by atoms with van der Waals surface area (Å²) in [6.45, 7) is 3.84. The molecule has 4 N–H and O–H groups in total. The van der Waals surface area contributed by atoms with E-state index >= 15 is 0 Å². The number of nitrogens with two attached hydrogens (primary N) is 1. The second-order valence-electron chi connectivity index (χ2n) is 4.71. The van der Waals surface area contributed by atoms with E-state index in [4.69, 9.17) is 5.73 Å². The van der Waals surface area contributed by atoms with Gasteiger partial charge in [-0.2, -0.15) is 5.10 Å². The van der Waals surface area contributed by atoms with Gasteiger partial charge < -0.3 is 11.1 Å². The van der Waals surface area contributed by atoms with Crippen LogP contribution in [0.15, 0.2) is 24.3 Å². The molecule has 6 nitrogen and oxygen atoms in total. The Hall–Kier alpha value is -2.21. The van der Waals surface area contributed by atoms with E-state index in [0.29, 0.717) is 17.9 Å². The molecular formula is C14H19N5O. The van der Waals surface area contributed by atoms with Crippen molar-refractivity contribution in [3.63, 3.8) is 0 Å². The van der Waals surface area contributed by atoms with Gasteiger partial charge >= 0.3 is 0 Å². The number of aromatic nitrogens is 3. The van der Waals surface area contributed by atoms with Crippen LogP contribution in [-0.4, -0.2) is 27.1 Å². The molecule has 0 spiro atoms. The lowest BCUT2D eigenvalue weighted by atomic mass is 10.1. The zero-order valence-electron chi connectivity index (χ0n) is 11.7. The van der Waals surface area contributed by atoms with Gasteiger partial charge in [-0.25, -0.2) is 4.98 Å². The van der Waals surface area contributed by atoms with E-state index in [1.807, 2.05) is 38.1 Å². The summed E-state index contributed by atoms with van der Waals surface area (Å²) in [7, 11) is 0. The van der Waals surface area contributed by atoms with Gasteiger partial charge in [0.25, 0.3) is 0 Å². The molecule has 2 rings (SSSR count). The maximum Gasteiger partial charge on any atom is 0.241 e. The van der Waals surface area contributed by atoms with Gasteiger partial charge in [0.15, 0.2) is 5.82 Å². The number of carbonyl (C=O) groups excluding carboxylic acids is 1. The normalized spacial score (nSPS) is 12.2. The lowest BCUT2D eigenvalue weighted by Gasteiger charge is -2.11. The fourth-order valence-corrected chi connectivity index (χ4v) is 1.88. The number of benzene rings is 1. The molecule has 0 fully saturated rings. The van der Waals surface area contributed by atoms with Gasteiger partial charge in [-0.1, -0.05) is 25.5 Å². The maximum atomic E-state index is 11.9. The van der Waals surface area contributed by atoms with Gasteiger partial charge in [0.2, 0.25) is 5.91 Å². The molecule has 1 aromatic carbocycles. The summed E-state index contributed by atoms with van der Waals surface area (Å²) in [5.74, 6) is 1.19. The highest BCUT2D eigenvalue weighted by Gasteiger charge is 2.13. The number of carbonyl (C=O) groups is 1. The largest absolute Gasteiger partial charge is 0.325 e. The van der Waals surface area contributed by atoms with Crippen molar-refractivity contribution < 1.29 is 4.79 Å². The van der Waals surface area contributed by atoms with Crippen LogP contribution in [0.2, 0.25) is 0 Å². The monoisotopic (exact) mass is 273 g/mol. The third-order valence-electron chi connectivity index (χ3n) is 2.92. The first-order chi connectivity index (χ1) is 9.60. The van der Waals surface area contributed by atoms with Crippen molar-refractivity contribution in [1.29, 1.82) is 0 Å². The molecule has 0 saturated carbocycles. The van der Waals surface area contributed by atoms with Crippen LogP contribution in [0.4, 0.5) is 5.69 Å². The number of anilines is 1. The molecule has 106 valence electrons. The van der Waals surface area contributed by atoms with E-state index in [1.54, 1.807) is 0 Å². The molecule has 0 saturated heterocycles. The zero-order chi connectivity index (χ0) is 14.5. The number of amides is 1. The quantitative estimate of drug-likeness (QED) is 0.774. The Morgan fingerprint density at radius 3 is 2.95 bits per heavy atom. The highest BCUT2D eigenvalue weighted by Crippen LogP contribution is 2.19. The number of hydrogen-bond acceptors (Lipinski definition) is 4. The number of rotatable bonds is 5. The smallest absolute Gasteiger partial charge is 0.241 e. The van der Waals surface area contributed by atoms with Crippen LogP contribution >= 0.6 is 0 Å². The molecule has 0 aliphatic rings. The Morgan fingerprint density at radius 1 is 1.50 bits per heavy atom. The molecule has 20 heavy (non-hydrogen) atoms. The molecule has 0 bridgehead atoms. The minimum atomic E-state index is -0.477. The summed E-state index contributed by atoms with van der Waals surface area (Å²) in [6.07, 6.45) is 1.55. The predicted molar refractivity (Wildman–Crippen MR) is 78.1 cm³/mol. The molecule has 0 aliphatic heterocycles. The fraction of sp³-hybridized carbons (Fsp3) is 0.357. The van der Waals surface area contributed by atoms with Crippen LogP contribution < -0.4 is 11.1 Å². The number of hydrogen-bond donors (Lipinski definition) is 3. The molecule has 6 heteroatoms. The standard InChI is InChI=1S/C14H19N5O/c1-3-5-12(15)14(20)17-11-7-4-6-10(8-11)13-16-9(2)18-19-13/h4,6-8,12H,3,5,15H2,1-2H3,(H,17,20)(H,16,18,19). The average molecular weight is 273 g/mol. The van der Waals surface area contributed by atoms with E-state index in [2.05, 4.69) is 20.5 Å². The number of nitrogens with one attached hydrogen (secondary N) is 2. The number of aromatic amines is 1. The maximum absolute atomic E-state index is 11.9. The van der Waals surface area contributed by atoms with E-state index in [0.717, 1.165) is 17.8 Å². The van der Waals surface area contributed by atoms with Gasteiger partial charge in [-0.05, 0) is 25.5 Å². The highest BCUT2D eigenvalue weighted by atomic mass is 16.2. The van der Waals surface area contributed by atoms with Crippen molar-refractivity contribution >= 4 is 11.6 Å². The van der Waals surface area contributed by atoms with Gasteiger partial charge in [-0.15, -0.1) is 0 Å². The summed E-state index contributed by atoms with van der Waals surface area (Å²) in [5.41, 5.74) is 7.33. The predicted octanol–water partition coefficient (Wildman–Crippen LogP) is 1.85. The second-order valence-corrected chi connectivity index (χ2v) is 4.71. The van der Waals surface area contributed by atoms with Gasteiger partial charge in [0, 0.05) is 11.3 Å². The molecule has 1 atom stereocenters. The summed E-state index contributed by atoms with van der Waals surface area (Å²) in [6, 6.07) is 6.92. The highest BCUT2D eigenvalue weighted by molar-refractivity contribution is 5.95. The molecule has 0 radical (unpaired) electrons. The minimum absolute atomic E-state index is 0.171. The molecule has 0 aliphatic carbocycles. The van der Waals surface area contributed by atoms with Gasteiger partial charge in [-0.3, -0.25) is 9.89 Å². The number of aryl methyl sites for hydroxylation is 1. The Bertz CT molecular complexity index is 593. The molecular weight excluding hydrogens is 254 g/mol. The summed E-state index contributed by atoms with van der Waals surface area (Å²) < 4.78 is 0. The van der Waals surface area contributed by atoms with Crippen LogP contribution in [0.1, 0.15) is 25.6 Å². The van der Waals surface area contributed by atoms with E-state index in [9.17, 15) is 4.79 Å². The fourth-order valence-electron chi connectivity index (χ4n) is 1.88. The van der Waals surface area contributed by atoms with E-state index in [1.165, 1.54) is 0 Å². The molecule has 2 aromatic rings. The van der Waals surface area contributed by atoms with Crippen molar-refractivity contribution in [2.75, 3.05) is 5.32 Å². The average Bonchev–Trinajstić information content (AvgIpc) is 2.86. The number of H-pyrrole nitrogens is 1. The second kappa shape index (κ2) is 6.29. The Morgan fingerprint density at radius 2 is 2.30 bits per heavy atom. The molecule has 1 aromatic heterocycles. The van der Waals surface area contributed by atoms with Crippen molar-refractivity contribution in [3.05, 3.63) is 30.1 Å². The molecule has 1 unspecified atom stereocenters.